The molecule has 724 valence electrons. The van der Waals surface area contributed by atoms with Crippen molar-refractivity contribution < 1.29 is 148 Å². The lowest BCUT2D eigenvalue weighted by Crippen LogP contribution is -2.63. The number of nitro groups is 1. The van der Waals surface area contributed by atoms with Gasteiger partial charge >= 0.3 is 65.8 Å². The molecule has 0 unspecified atom stereocenters. The van der Waals surface area contributed by atoms with Crippen LogP contribution in [0.1, 0.15) is 176 Å². The first-order valence-electron chi connectivity index (χ1n) is 44.5. The number of nitro benzene ring substituents is 1. The average molecular weight is 1880 g/mol. The normalized spacial score (nSPS) is 19.3. The van der Waals surface area contributed by atoms with Gasteiger partial charge in [-0.2, -0.15) is 0 Å². The summed E-state index contributed by atoms with van der Waals surface area (Å²) in [5, 5.41) is 26.9. The molecule has 0 bridgehead atoms. The van der Waals surface area contributed by atoms with Crippen LogP contribution < -0.4 is 15.4 Å². The van der Waals surface area contributed by atoms with Crippen molar-refractivity contribution in [3.63, 3.8) is 0 Å². The summed E-state index contributed by atoms with van der Waals surface area (Å²) < 4.78 is 77.0. The number of carbonyl (C=O) groups excluding carboxylic acids is 15. The zero-order chi connectivity index (χ0) is 99.1. The molecule has 3 N–H and O–H groups in total. The highest BCUT2D eigenvalue weighted by Gasteiger charge is 2.56. The van der Waals surface area contributed by atoms with E-state index in [1.165, 1.54) is 19.1 Å². The number of non-ortho nitro benzene ring substituents is 1. The fraction of sp³-hybridized carbons (Fsp3) is 0.436. The van der Waals surface area contributed by atoms with Crippen LogP contribution >= 0.6 is 0 Å². The van der Waals surface area contributed by atoms with Crippen LogP contribution in [0.4, 0.5) is 10.5 Å². The third-order valence-electron chi connectivity index (χ3n) is 23.9. The maximum absolute atomic E-state index is 13.8. The van der Waals surface area contributed by atoms with Crippen molar-refractivity contribution in [2.75, 3.05) is 27.4 Å². The lowest BCUT2D eigenvalue weighted by molar-refractivity contribution is -0.384. The molecule has 2 amide bonds. The van der Waals surface area contributed by atoms with E-state index in [1.807, 2.05) is 98.8 Å². The van der Waals surface area contributed by atoms with Crippen LogP contribution in [0.15, 0.2) is 158 Å². The van der Waals surface area contributed by atoms with Gasteiger partial charge in [-0.1, -0.05) is 161 Å². The van der Waals surface area contributed by atoms with Gasteiger partial charge in [-0.05, 0) is 141 Å². The summed E-state index contributed by atoms with van der Waals surface area (Å²) in [6, 6.07) is 44.6. The number of nitrogens with zero attached hydrogens (tertiary/aromatic N) is 1. The van der Waals surface area contributed by atoms with Crippen LogP contribution in [0.5, 0.6) is 5.75 Å². The van der Waals surface area contributed by atoms with E-state index in [2.05, 4.69) is 22.8 Å². The minimum atomic E-state index is -1.64. The second kappa shape index (κ2) is 48.3. The SMILES string of the molecule is COC(=O)[C@H]1O[C@@H](CCc2cc(CC(=O)[C@H](C)NC(=O)[C@@H](CC(=O)OCC3c4ccccc4-c4ccccc43)C(C)C)ccc2CO)[C@H](OC(C)=O)[C@@H](OC(C)=O)[C@@H]1OC(C)=O.COC(=O)[C@H]1O[C@@H](CCc2cc(CC(=O)[C@H](C)NC(=O)[C@@H](CC(=O)OCC3c4ccccc4-c4ccccc43)C(C)C)ccc2COC(=O)Oc2ccc([N+](=O)[O-])cc2)[C@H](OC(C)=O)[C@@H](OC(C)=O)[C@@H]1OC(C)=O. The Kier molecular flexibility index (Phi) is 37.0. The van der Waals surface area contributed by atoms with Gasteiger partial charge in [-0.25, -0.2) is 14.4 Å². The number of aryl methyl sites for hydroxylation is 2. The number of ketones is 2. The summed E-state index contributed by atoms with van der Waals surface area (Å²) in [4.78, 5) is 204. The van der Waals surface area contributed by atoms with E-state index in [-0.39, 0.29) is 112 Å². The summed E-state index contributed by atoms with van der Waals surface area (Å²) >= 11 is 0. The molecule has 136 heavy (non-hydrogen) atoms. The third-order valence-corrected chi connectivity index (χ3v) is 23.9. The quantitative estimate of drug-likeness (QED) is 0.0106. The van der Waals surface area contributed by atoms with Crippen LogP contribution in [0, 0.1) is 33.8 Å². The number of aliphatic hydroxyl groups is 1. The predicted molar refractivity (Wildman–Crippen MR) is 482 cm³/mol. The molecule has 0 radical (unpaired) electrons. The number of Topliss-reactive ketones (excluding diaryl/α,β-unsaturated/α-hetero) is 2. The molecule has 2 aliphatic heterocycles. The van der Waals surface area contributed by atoms with Gasteiger partial charge in [-0.3, -0.25) is 67.6 Å². The number of aliphatic hydroxyl groups excluding tert-OH is 1. The summed E-state index contributed by atoms with van der Waals surface area (Å²) in [6.07, 6.45) is -16.0. The highest BCUT2D eigenvalue weighted by atomic mass is 16.7. The second-order valence-electron chi connectivity index (χ2n) is 34.2. The molecule has 14 atom stereocenters. The molecule has 0 spiro atoms. The first-order chi connectivity index (χ1) is 64.8. The molecule has 4 aliphatic rings. The van der Waals surface area contributed by atoms with Crippen molar-refractivity contribution in [3.8, 4) is 28.0 Å². The number of esters is 10. The molecule has 2 aliphatic carbocycles. The number of hydrogen-bond donors (Lipinski definition) is 3. The van der Waals surface area contributed by atoms with Crippen molar-refractivity contribution in [2.24, 2.45) is 23.7 Å². The minimum absolute atomic E-state index is 0.0116. The largest absolute Gasteiger partial charge is 0.514 e. The summed E-state index contributed by atoms with van der Waals surface area (Å²) in [6.45, 7) is 16.4. The second-order valence-corrected chi connectivity index (χ2v) is 34.2. The van der Waals surface area contributed by atoms with Crippen LogP contribution in [-0.4, -0.2) is 200 Å². The fourth-order valence-corrected chi connectivity index (χ4v) is 17.2. The lowest BCUT2D eigenvalue weighted by Gasteiger charge is -2.43. The van der Waals surface area contributed by atoms with Crippen molar-refractivity contribution in [1.29, 1.82) is 0 Å². The van der Waals surface area contributed by atoms with Gasteiger partial charge in [0.15, 0.2) is 60.4 Å². The fourth-order valence-electron chi connectivity index (χ4n) is 17.2. The lowest BCUT2D eigenvalue weighted by atomic mass is 9.89. The van der Waals surface area contributed by atoms with E-state index >= 15 is 0 Å². The van der Waals surface area contributed by atoms with Gasteiger partial charge < -0.3 is 82.1 Å². The number of rotatable bonds is 39. The van der Waals surface area contributed by atoms with Gasteiger partial charge in [0.1, 0.15) is 25.6 Å². The smallest absolute Gasteiger partial charge is 0.467 e. The molecular formula is C101H113N3O32. The Morgan fingerprint density at radius 1 is 0.419 bits per heavy atom. The molecule has 2 heterocycles. The molecule has 7 aromatic rings. The van der Waals surface area contributed by atoms with Crippen LogP contribution in [0.3, 0.4) is 0 Å². The number of amides is 2. The molecule has 0 saturated carbocycles. The van der Waals surface area contributed by atoms with E-state index in [0.29, 0.717) is 33.4 Å². The molecule has 0 aromatic heterocycles. The van der Waals surface area contributed by atoms with Crippen LogP contribution in [0.25, 0.3) is 22.3 Å². The van der Waals surface area contributed by atoms with E-state index in [1.54, 1.807) is 57.2 Å². The maximum Gasteiger partial charge on any atom is 0.514 e. The first-order valence-corrected chi connectivity index (χ1v) is 44.5. The van der Waals surface area contributed by atoms with E-state index in [9.17, 15) is 87.1 Å². The van der Waals surface area contributed by atoms with Gasteiger partial charge in [0.2, 0.25) is 11.8 Å². The summed E-state index contributed by atoms with van der Waals surface area (Å²) in [5.41, 5.74) is 11.4. The monoisotopic (exact) mass is 1880 g/mol. The number of carbonyl (C=O) groups is 15. The standard InChI is InChI=1S/C54H58N2O18.C47H55NO14/c1-29(2)43(26-47(61)68-28-44-41-14-10-8-12-39(41)40-13-9-11-15-42(40)44)52(62)55-30(3)45(60)25-34-16-17-36(27-69-54(64)73-38-21-19-37(20-22-38)56(65)66)35(24-34)18-23-46-48(70-31(4)57)49(71-32(5)58)50(72-33(6)59)51(74-46)53(63)67-7;1-25(2)37(22-41(54)58-24-38-35-14-10-8-12-33(35)34-13-9-11-15-36(34)38)46(55)48-26(3)39(53)21-30-16-17-32(23-49)31(20-30)18-19-40-42(59-27(4)50)43(60-28(5)51)44(61-29(6)52)45(62-40)47(56)57-7/h8-17,19-22,24,29-30,43-44,46,48-51H,18,23,25-28H2,1-7H3,(H,55,62);8-17,20,25-26,37-38,40,42-45,49H,18-19,21-24H2,1-7H3,(H,48,55)/t30-,43-,46-,48-,49+,50-,51-;26-,37-,40-,42-,43+,44-,45-/m00/s1. The van der Waals surface area contributed by atoms with Crippen molar-refractivity contribution in [1.82, 2.24) is 10.6 Å². The zero-order valence-electron chi connectivity index (χ0n) is 77.9. The van der Waals surface area contributed by atoms with Crippen molar-refractivity contribution in [2.45, 2.75) is 233 Å². The van der Waals surface area contributed by atoms with Gasteiger partial charge in [0.05, 0.1) is 74.7 Å². The Morgan fingerprint density at radius 3 is 1.10 bits per heavy atom. The van der Waals surface area contributed by atoms with E-state index in [4.69, 9.17) is 66.3 Å². The topological polar surface area (TPSA) is 473 Å². The number of methoxy groups -OCH3 is 2. The Balaban J connectivity index is 0.000000286. The zero-order valence-corrected chi connectivity index (χ0v) is 77.9. The van der Waals surface area contributed by atoms with Gasteiger partial charge in [0.25, 0.3) is 5.69 Å². The van der Waals surface area contributed by atoms with Gasteiger partial charge in [0, 0.05) is 78.4 Å². The van der Waals surface area contributed by atoms with Gasteiger partial charge in [-0.15, -0.1) is 0 Å². The first kappa shape index (κ1) is 104. The minimum Gasteiger partial charge on any atom is -0.467 e. The molecular weight excluding hydrogens is 1770 g/mol. The summed E-state index contributed by atoms with van der Waals surface area (Å²) in [7, 11) is 2.17. The Hall–Kier alpha value is -13.9. The molecule has 2 fully saturated rings. The number of nitrogens with one attached hydrogen (secondary N) is 2. The van der Waals surface area contributed by atoms with Crippen molar-refractivity contribution >= 4 is 94.9 Å². The van der Waals surface area contributed by atoms with E-state index < -0.39 is 180 Å². The number of benzene rings is 7. The maximum atomic E-state index is 13.8. The third kappa shape index (κ3) is 27.4. The molecule has 2 saturated heterocycles. The van der Waals surface area contributed by atoms with Crippen LogP contribution in [-0.2, 0) is 168 Å². The number of hydrogen-bond acceptors (Lipinski definition) is 32. The molecule has 35 nitrogen and oxygen atoms in total. The Bertz CT molecular complexity index is 5480. The average Bonchev–Trinajstić information content (AvgIpc) is 1.54. The highest BCUT2D eigenvalue weighted by Crippen LogP contribution is 2.47. The van der Waals surface area contributed by atoms with E-state index in [0.717, 1.165) is 112 Å². The predicted octanol–water partition coefficient (Wildman–Crippen LogP) is 11.1. The highest BCUT2D eigenvalue weighted by molar-refractivity contribution is 5.94. The molecule has 35 heteroatoms. The Labute approximate surface area is 785 Å². The number of ether oxygens (including phenoxy) is 14. The van der Waals surface area contributed by atoms with Crippen molar-refractivity contribution in [3.05, 3.63) is 223 Å². The number of fused-ring (bicyclic) bond motifs is 6. The molecule has 7 aromatic carbocycles. The summed E-state index contributed by atoms with van der Waals surface area (Å²) in [5.74, 6) is -12.0. The van der Waals surface area contributed by atoms with Crippen LogP contribution in [0.2, 0.25) is 0 Å². The molecule has 11 rings (SSSR count). The Morgan fingerprint density at radius 2 is 0.757 bits per heavy atom.